The highest BCUT2D eigenvalue weighted by atomic mass is 16.5. The van der Waals surface area contributed by atoms with Gasteiger partial charge < -0.3 is 19.5 Å². The molecule has 8 nitrogen and oxygen atoms in total. The number of hydrogen-bond acceptors (Lipinski definition) is 7. The van der Waals surface area contributed by atoms with E-state index in [4.69, 9.17) is 9.47 Å². The van der Waals surface area contributed by atoms with Crippen molar-refractivity contribution in [2.75, 3.05) is 46.0 Å². The molecule has 8 heteroatoms. The number of aliphatic hydroxyl groups excluding tert-OH is 1. The molecule has 3 heterocycles. The second-order valence-corrected chi connectivity index (χ2v) is 8.96. The zero-order chi connectivity index (χ0) is 24.1. The maximum absolute atomic E-state index is 13.1. The molecular formula is C26H31N3O5. The van der Waals surface area contributed by atoms with Gasteiger partial charge in [0.15, 0.2) is 0 Å². The zero-order valence-corrected chi connectivity index (χ0v) is 19.6. The van der Waals surface area contributed by atoms with Gasteiger partial charge in [-0.1, -0.05) is 13.8 Å². The van der Waals surface area contributed by atoms with Crippen LogP contribution in [-0.2, 0) is 14.3 Å². The molecule has 0 spiro atoms. The Morgan fingerprint density at radius 1 is 1.09 bits per heavy atom. The summed E-state index contributed by atoms with van der Waals surface area (Å²) >= 11 is 0. The van der Waals surface area contributed by atoms with Gasteiger partial charge in [0.1, 0.15) is 11.5 Å². The predicted molar refractivity (Wildman–Crippen MR) is 127 cm³/mol. The van der Waals surface area contributed by atoms with Crippen LogP contribution in [0.4, 0.5) is 0 Å². The second-order valence-electron chi connectivity index (χ2n) is 8.96. The SMILES string of the molecule is CC(C)COc1ccc(/C(O)=C2\C(=O)C(=O)N(CCN3CCOCC3)[C@H]2c2ccncc2)cc1. The molecule has 0 unspecified atom stereocenters. The molecule has 2 aliphatic rings. The van der Waals surface area contributed by atoms with Crippen LogP contribution in [-0.4, -0.2) is 77.6 Å². The summed E-state index contributed by atoms with van der Waals surface area (Å²) in [4.78, 5) is 34.0. The minimum absolute atomic E-state index is 0.0917. The van der Waals surface area contributed by atoms with Crippen LogP contribution in [0.25, 0.3) is 5.76 Å². The van der Waals surface area contributed by atoms with Crippen LogP contribution in [0.2, 0.25) is 0 Å². The molecule has 1 atom stereocenters. The highest BCUT2D eigenvalue weighted by Gasteiger charge is 2.46. The standard InChI is InChI=1S/C26H31N3O5/c1-18(2)17-34-21-5-3-20(4-6-21)24(30)22-23(19-7-9-27-10-8-19)29(26(32)25(22)31)12-11-28-13-15-33-16-14-28/h3-10,18,23,30H,11-17H2,1-2H3/b24-22+/t23-/m0/s1. The van der Waals surface area contributed by atoms with Gasteiger partial charge in [0.05, 0.1) is 31.4 Å². The fourth-order valence-corrected chi connectivity index (χ4v) is 4.20. The number of nitrogens with zero attached hydrogens (tertiary/aromatic N) is 3. The van der Waals surface area contributed by atoms with E-state index in [1.165, 1.54) is 0 Å². The third kappa shape index (κ3) is 5.29. The Balaban J connectivity index is 1.64. The van der Waals surface area contributed by atoms with Crippen LogP contribution in [0.1, 0.15) is 31.0 Å². The number of ether oxygens (including phenoxy) is 2. The minimum Gasteiger partial charge on any atom is -0.507 e. The van der Waals surface area contributed by atoms with E-state index in [0.29, 0.717) is 50.1 Å². The number of pyridine rings is 1. The van der Waals surface area contributed by atoms with Gasteiger partial charge in [-0.05, 0) is 47.9 Å². The summed E-state index contributed by atoms with van der Waals surface area (Å²) in [7, 11) is 0. The molecule has 34 heavy (non-hydrogen) atoms. The lowest BCUT2D eigenvalue weighted by Crippen LogP contribution is -2.42. The Hall–Kier alpha value is -3.23. The minimum atomic E-state index is -0.680. The van der Waals surface area contributed by atoms with E-state index in [0.717, 1.165) is 18.7 Å². The van der Waals surface area contributed by atoms with Gasteiger partial charge in [-0.25, -0.2) is 0 Å². The van der Waals surface area contributed by atoms with Crippen molar-refractivity contribution in [2.24, 2.45) is 5.92 Å². The van der Waals surface area contributed by atoms with E-state index in [-0.39, 0.29) is 11.3 Å². The van der Waals surface area contributed by atoms with Crippen molar-refractivity contribution in [3.8, 4) is 5.75 Å². The van der Waals surface area contributed by atoms with E-state index in [1.807, 2.05) is 0 Å². The average Bonchev–Trinajstić information content (AvgIpc) is 3.12. The smallest absolute Gasteiger partial charge is 0.295 e. The molecule has 0 radical (unpaired) electrons. The third-order valence-electron chi connectivity index (χ3n) is 6.03. The Morgan fingerprint density at radius 3 is 2.41 bits per heavy atom. The monoisotopic (exact) mass is 465 g/mol. The van der Waals surface area contributed by atoms with E-state index in [1.54, 1.807) is 53.7 Å². The highest BCUT2D eigenvalue weighted by molar-refractivity contribution is 6.46. The van der Waals surface area contributed by atoms with Gasteiger partial charge in [0.25, 0.3) is 11.7 Å². The molecule has 2 saturated heterocycles. The molecule has 2 fully saturated rings. The number of likely N-dealkylation sites (tertiary alicyclic amines) is 1. The molecular weight excluding hydrogens is 434 g/mol. The summed E-state index contributed by atoms with van der Waals surface area (Å²) in [5, 5.41) is 11.2. The predicted octanol–water partition coefficient (Wildman–Crippen LogP) is 2.87. The van der Waals surface area contributed by atoms with Gasteiger partial charge in [-0.2, -0.15) is 0 Å². The highest BCUT2D eigenvalue weighted by Crippen LogP contribution is 2.39. The summed E-state index contributed by atoms with van der Waals surface area (Å²) in [5.74, 6) is -0.400. The van der Waals surface area contributed by atoms with E-state index >= 15 is 0 Å². The molecule has 1 aromatic carbocycles. The maximum atomic E-state index is 13.1. The summed E-state index contributed by atoms with van der Waals surface area (Å²) in [6.07, 6.45) is 3.25. The van der Waals surface area contributed by atoms with Crippen molar-refractivity contribution in [2.45, 2.75) is 19.9 Å². The molecule has 4 rings (SSSR count). The molecule has 1 amide bonds. The lowest BCUT2D eigenvalue weighted by atomic mass is 9.96. The summed E-state index contributed by atoms with van der Waals surface area (Å²) in [6.45, 7) is 8.60. The fraction of sp³-hybridized carbons (Fsp3) is 0.423. The maximum Gasteiger partial charge on any atom is 0.295 e. The van der Waals surface area contributed by atoms with Crippen molar-refractivity contribution in [1.29, 1.82) is 0 Å². The second kappa shape index (κ2) is 10.8. The van der Waals surface area contributed by atoms with Crippen molar-refractivity contribution >= 4 is 17.4 Å². The number of morpholine rings is 1. The number of aromatic nitrogens is 1. The first-order chi connectivity index (χ1) is 16.5. The normalized spacial score (nSPS) is 20.8. The topological polar surface area (TPSA) is 92.2 Å². The van der Waals surface area contributed by atoms with Crippen molar-refractivity contribution < 1.29 is 24.2 Å². The van der Waals surface area contributed by atoms with Crippen LogP contribution in [0.5, 0.6) is 5.75 Å². The number of hydrogen-bond donors (Lipinski definition) is 1. The number of rotatable bonds is 8. The number of amides is 1. The van der Waals surface area contributed by atoms with Gasteiger partial charge in [0, 0.05) is 44.1 Å². The molecule has 2 aliphatic heterocycles. The molecule has 180 valence electrons. The number of benzene rings is 1. The van der Waals surface area contributed by atoms with Crippen LogP contribution < -0.4 is 4.74 Å². The van der Waals surface area contributed by atoms with E-state index in [9.17, 15) is 14.7 Å². The molecule has 0 saturated carbocycles. The van der Waals surface area contributed by atoms with Crippen molar-refractivity contribution in [3.05, 3.63) is 65.5 Å². The van der Waals surface area contributed by atoms with Crippen LogP contribution in [0.15, 0.2) is 54.4 Å². The number of Topliss-reactive ketones (excluding diaryl/α,β-unsaturated/α-hetero) is 1. The fourth-order valence-electron chi connectivity index (χ4n) is 4.20. The molecule has 2 aromatic rings. The van der Waals surface area contributed by atoms with Gasteiger partial charge in [0.2, 0.25) is 0 Å². The largest absolute Gasteiger partial charge is 0.507 e. The number of carbonyl (C=O) groups excluding carboxylic acids is 2. The summed E-state index contributed by atoms with van der Waals surface area (Å²) in [6, 6.07) is 9.79. The summed E-state index contributed by atoms with van der Waals surface area (Å²) < 4.78 is 11.1. The first-order valence-corrected chi connectivity index (χ1v) is 11.7. The molecule has 1 N–H and O–H groups in total. The average molecular weight is 466 g/mol. The Morgan fingerprint density at radius 2 is 1.76 bits per heavy atom. The van der Waals surface area contributed by atoms with Crippen LogP contribution >= 0.6 is 0 Å². The van der Waals surface area contributed by atoms with Crippen molar-refractivity contribution in [1.82, 2.24) is 14.8 Å². The van der Waals surface area contributed by atoms with E-state index in [2.05, 4.69) is 23.7 Å². The lowest BCUT2D eigenvalue weighted by Gasteiger charge is -2.31. The third-order valence-corrected chi connectivity index (χ3v) is 6.03. The van der Waals surface area contributed by atoms with Gasteiger partial charge in [-0.3, -0.25) is 19.5 Å². The number of aliphatic hydroxyl groups is 1. The molecule has 0 bridgehead atoms. The quantitative estimate of drug-likeness (QED) is 0.364. The van der Waals surface area contributed by atoms with Crippen LogP contribution in [0, 0.1) is 5.92 Å². The van der Waals surface area contributed by atoms with Gasteiger partial charge in [-0.15, -0.1) is 0 Å². The van der Waals surface area contributed by atoms with Crippen LogP contribution in [0.3, 0.4) is 0 Å². The molecule has 0 aliphatic carbocycles. The van der Waals surface area contributed by atoms with Crippen molar-refractivity contribution in [3.63, 3.8) is 0 Å². The summed E-state index contributed by atoms with van der Waals surface area (Å²) in [5.41, 5.74) is 1.28. The number of ketones is 1. The van der Waals surface area contributed by atoms with Gasteiger partial charge >= 0.3 is 0 Å². The van der Waals surface area contributed by atoms with E-state index < -0.39 is 17.7 Å². The lowest BCUT2D eigenvalue weighted by molar-refractivity contribution is -0.140. The Labute approximate surface area is 199 Å². The Bertz CT molecular complexity index is 1030. The zero-order valence-electron chi connectivity index (χ0n) is 19.6. The molecule has 1 aromatic heterocycles. The first kappa shape index (κ1) is 23.9. The number of carbonyl (C=O) groups is 2. The first-order valence-electron chi connectivity index (χ1n) is 11.7. The Kier molecular flexibility index (Phi) is 7.59.